The average molecular weight is 263 g/mol. The molecule has 0 fully saturated rings. The Labute approximate surface area is 111 Å². The van der Waals surface area contributed by atoms with Crippen molar-refractivity contribution in [2.45, 2.75) is 30.5 Å². The number of H-pyrrole nitrogens is 1. The highest BCUT2D eigenvalue weighted by molar-refractivity contribution is 8.00. The monoisotopic (exact) mass is 263 g/mol. The first kappa shape index (κ1) is 13.0. The molecule has 1 heterocycles. The lowest BCUT2D eigenvalue weighted by Gasteiger charge is -2.11. The summed E-state index contributed by atoms with van der Waals surface area (Å²) in [5, 5.41) is 2.04. The fourth-order valence-corrected chi connectivity index (χ4v) is 2.80. The summed E-state index contributed by atoms with van der Waals surface area (Å²) in [4.78, 5) is 15.0. The molecular weight excluding hydrogens is 246 g/mol. The number of ether oxygens (including phenoxy) is 1. The van der Waals surface area contributed by atoms with E-state index in [4.69, 9.17) is 4.74 Å². The van der Waals surface area contributed by atoms with Crippen LogP contribution in [0, 0.1) is 0 Å². The largest absolute Gasteiger partial charge is 0.465 e. The van der Waals surface area contributed by atoms with E-state index < -0.39 is 0 Å². The van der Waals surface area contributed by atoms with Crippen LogP contribution in [0.15, 0.2) is 35.4 Å². The third kappa shape index (κ3) is 2.88. The van der Waals surface area contributed by atoms with Crippen molar-refractivity contribution in [2.24, 2.45) is 0 Å². The van der Waals surface area contributed by atoms with Crippen molar-refractivity contribution < 1.29 is 9.53 Å². The number of para-hydroxylation sites is 1. The van der Waals surface area contributed by atoms with Gasteiger partial charge in [-0.1, -0.05) is 36.9 Å². The fourth-order valence-electron chi connectivity index (χ4n) is 1.80. The van der Waals surface area contributed by atoms with E-state index in [0.717, 1.165) is 17.0 Å². The van der Waals surface area contributed by atoms with Gasteiger partial charge in [-0.3, -0.25) is 4.79 Å². The number of carbonyl (C=O) groups is 1. The molecule has 0 radical (unpaired) electrons. The van der Waals surface area contributed by atoms with Crippen LogP contribution in [0.3, 0.4) is 0 Å². The molecule has 4 heteroatoms. The Hall–Kier alpha value is -1.42. The Morgan fingerprint density at radius 2 is 2.17 bits per heavy atom. The molecule has 1 unspecified atom stereocenters. The number of carbonyl (C=O) groups excluding carboxylic acids is 1. The summed E-state index contributed by atoms with van der Waals surface area (Å²) in [6, 6.07) is 10.2. The zero-order chi connectivity index (χ0) is 13.0. The Balaban J connectivity index is 2.13. The van der Waals surface area contributed by atoms with Gasteiger partial charge < -0.3 is 9.72 Å². The van der Waals surface area contributed by atoms with E-state index >= 15 is 0 Å². The molecule has 1 aromatic carbocycles. The summed E-state index contributed by atoms with van der Waals surface area (Å²) in [5.41, 5.74) is 1.10. The van der Waals surface area contributed by atoms with Crippen molar-refractivity contribution in [2.75, 3.05) is 6.61 Å². The highest BCUT2D eigenvalue weighted by atomic mass is 32.2. The molecule has 0 spiro atoms. The standard InChI is InChI=1S/C14H17NO2S/c1-3-12(14(16)17-4-2)18-13-9-10-7-5-6-8-11(10)15-13/h5-9,12,15H,3-4H2,1-2H3. The highest BCUT2D eigenvalue weighted by Gasteiger charge is 2.19. The number of benzene rings is 1. The average Bonchev–Trinajstić information content (AvgIpc) is 2.78. The molecule has 0 amide bonds. The number of rotatable bonds is 5. The zero-order valence-electron chi connectivity index (χ0n) is 10.6. The van der Waals surface area contributed by atoms with E-state index in [-0.39, 0.29) is 11.2 Å². The predicted molar refractivity (Wildman–Crippen MR) is 74.9 cm³/mol. The molecule has 0 aliphatic carbocycles. The first-order chi connectivity index (χ1) is 8.74. The number of hydrogen-bond donors (Lipinski definition) is 1. The zero-order valence-corrected chi connectivity index (χ0v) is 11.4. The molecule has 1 N–H and O–H groups in total. The fraction of sp³-hybridized carbons (Fsp3) is 0.357. The molecular formula is C14H17NO2S. The molecule has 0 saturated heterocycles. The summed E-state index contributed by atoms with van der Waals surface area (Å²) < 4.78 is 5.07. The van der Waals surface area contributed by atoms with Gasteiger partial charge in [-0.2, -0.15) is 0 Å². The van der Waals surface area contributed by atoms with Gasteiger partial charge in [-0.25, -0.2) is 0 Å². The van der Waals surface area contributed by atoms with E-state index in [9.17, 15) is 4.79 Å². The topological polar surface area (TPSA) is 42.1 Å². The van der Waals surface area contributed by atoms with Crippen molar-refractivity contribution in [3.63, 3.8) is 0 Å². The number of nitrogens with one attached hydrogen (secondary N) is 1. The second-order valence-electron chi connectivity index (χ2n) is 3.99. The minimum absolute atomic E-state index is 0.136. The number of hydrogen-bond acceptors (Lipinski definition) is 3. The van der Waals surface area contributed by atoms with Crippen LogP contribution in [-0.2, 0) is 9.53 Å². The van der Waals surface area contributed by atoms with Gasteiger partial charge in [0.1, 0.15) is 5.25 Å². The third-order valence-electron chi connectivity index (χ3n) is 2.69. The number of thioether (sulfide) groups is 1. The second kappa shape index (κ2) is 5.96. The molecule has 1 aromatic heterocycles. The molecule has 0 saturated carbocycles. The van der Waals surface area contributed by atoms with E-state index in [0.29, 0.717) is 6.61 Å². The molecule has 18 heavy (non-hydrogen) atoms. The maximum atomic E-state index is 11.7. The number of fused-ring (bicyclic) bond motifs is 1. The lowest BCUT2D eigenvalue weighted by molar-refractivity contribution is -0.142. The van der Waals surface area contributed by atoms with E-state index in [1.807, 2.05) is 32.0 Å². The molecule has 96 valence electrons. The van der Waals surface area contributed by atoms with Gasteiger partial charge in [0, 0.05) is 10.9 Å². The van der Waals surface area contributed by atoms with Gasteiger partial charge in [0.05, 0.1) is 11.6 Å². The Morgan fingerprint density at radius 3 is 2.83 bits per heavy atom. The van der Waals surface area contributed by atoms with E-state index in [2.05, 4.69) is 17.1 Å². The molecule has 1 atom stereocenters. The summed E-state index contributed by atoms with van der Waals surface area (Å²) in [7, 11) is 0. The van der Waals surface area contributed by atoms with Crippen LogP contribution in [-0.4, -0.2) is 22.8 Å². The van der Waals surface area contributed by atoms with Crippen molar-refractivity contribution in [1.29, 1.82) is 0 Å². The normalized spacial score (nSPS) is 12.6. The van der Waals surface area contributed by atoms with Crippen molar-refractivity contribution >= 4 is 28.6 Å². The minimum atomic E-state index is -0.141. The predicted octanol–water partition coefficient (Wildman–Crippen LogP) is 3.60. The SMILES string of the molecule is CCOC(=O)C(CC)Sc1cc2ccccc2[nH]1. The number of aromatic nitrogens is 1. The van der Waals surface area contributed by atoms with Gasteiger partial charge in [-0.05, 0) is 25.5 Å². The maximum Gasteiger partial charge on any atom is 0.319 e. The smallest absolute Gasteiger partial charge is 0.319 e. The Morgan fingerprint density at radius 1 is 1.39 bits per heavy atom. The first-order valence-corrected chi connectivity index (χ1v) is 7.03. The summed E-state index contributed by atoms with van der Waals surface area (Å²) >= 11 is 1.53. The van der Waals surface area contributed by atoms with Gasteiger partial charge in [0.25, 0.3) is 0 Å². The molecule has 0 aliphatic heterocycles. The Kier molecular flexibility index (Phi) is 4.31. The van der Waals surface area contributed by atoms with Crippen molar-refractivity contribution in [3.8, 4) is 0 Å². The second-order valence-corrected chi connectivity index (χ2v) is 5.23. The van der Waals surface area contributed by atoms with Crippen LogP contribution in [0.4, 0.5) is 0 Å². The lowest BCUT2D eigenvalue weighted by atomic mass is 10.3. The van der Waals surface area contributed by atoms with Crippen LogP contribution in [0.5, 0.6) is 0 Å². The third-order valence-corrected chi connectivity index (χ3v) is 3.98. The summed E-state index contributed by atoms with van der Waals surface area (Å²) in [6.45, 7) is 4.26. The van der Waals surface area contributed by atoms with Crippen molar-refractivity contribution in [1.82, 2.24) is 4.98 Å². The van der Waals surface area contributed by atoms with Gasteiger partial charge >= 0.3 is 5.97 Å². The molecule has 3 nitrogen and oxygen atoms in total. The number of aromatic amines is 1. The maximum absolute atomic E-state index is 11.7. The molecule has 2 aromatic rings. The summed E-state index contributed by atoms with van der Waals surface area (Å²) in [5.74, 6) is -0.136. The molecule has 0 bridgehead atoms. The highest BCUT2D eigenvalue weighted by Crippen LogP contribution is 2.28. The van der Waals surface area contributed by atoms with Crippen LogP contribution in [0.2, 0.25) is 0 Å². The van der Waals surface area contributed by atoms with Crippen molar-refractivity contribution in [3.05, 3.63) is 30.3 Å². The lowest BCUT2D eigenvalue weighted by Crippen LogP contribution is -2.19. The quantitative estimate of drug-likeness (QED) is 0.662. The van der Waals surface area contributed by atoms with Crippen LogP contribution >= 0.6 is 11.8 Å². The minimum Gasteiger partial charge on any atom is -0.465 e. The van der Waals surface area contributed by atoms with E-state index in [1.165, 1.54) is 17.1 Å². The van der Waals surface area contributed by atoms with Gasteiger partial charge in [0.15, 0.2) is 0 Å². The first-order valence-electron chi connectivity index (χ1n) is 6.15. The number of esters is 1. The van der Waals surface area contributed by atoms with Crippen LogP contribution < -0.4 is 0 Å². The van der Waals surface area contributed by atoms with Gasteiger partial charge in [0.2, 0.25) is 0 Å². The van der Waals surface area contributed by atoms with E-state index in [1.54, 1.807) is 0 Å². The molecule has 2 rings (SSSR count). The molecule has 0 aliphatic rings. The Bertz CT molecular complexity index is 502. The van der Waals surface area contributed by atoms with Gasteiger partial charge in [-0.15, -0.1) is 0 Å². The van der Waals surface area contributed by atoms with Crippen LogP contribution in [0.1, 0.15) is 20.3 Å². The van der Waals surface area contributed by atoms with Crippen LogP contribution in [0.25, 0.3) is 10.9 Å². The summed E-state index contributed by atoms with van der Waals surface area (Å²) in [6.07, 6.45) is 0.763.